The number of aliphatic hydroxyl groups excluding tert-OH is 3. The van der Waals surface area contributed by atoms with E-state index in [2.05, 4.69) is 21.1 Å². The first-order valence-corrected chi connectivity index (χ1v) is 12.7. The van der Waals surface area contributed by atoms with Crippen LogP contribution >= 0.6 is 11.3 Å². The number of ether oxygens (including phenoxy) is 4. The number of azo groups is 1. The maximum absolute atomic E-state index is 10.1. The molecule has 1 heterocycles. The summed E-state index contributed by atoms with van der Waals surface area (Å²) in [5.41, 5.74) is 2.40. The average molecular weight is 548 g/mol. The van der Waals surface area contributed by atoms with Gasteiger partial charge < -0.3 is 39.2 Å². The van der Waals surface area contributed by atoms with E-state index in [0.717, 1.165) is 11.3 Å². The molecule has 0 bridgehead atoms. The minimum absolute atomic E-state index is 0.0430. The smallest absolute Gasteiger partial charge is 0.247 e. The van der Waals surface area contributed by atoms with Gasteiger partial charge in [0.1, 0.15) is 16.8 Å². The summed E-state index contributed by atoms with van der Waals surface area (Å²) >= 11 is 1.09. The summed E-state index contributed by atoms with van der Waals surface area (Å²) in [6, 6.07) is 5.47. The van der Waals surface area contributed by atoms with Crippen molar-refractivity contribution in [2.24, 2.45) is 10.2 Å². The first-order valence-electron chi connectivity index (χ1n) is 11.9. The minimum atomic E-state index is -0.319. The zero-order valence-electron chi connectivity index (χ0n) is 21.6. The molecule has 3 N–H and O–H groups in total. The van der Waals surface area contributed by atoms with E-state index in [4.69, 9.17) is 35.7 Å². The summed E-state index contributed by atoms with van der Waals surface area (Å²) in [6.45, 7) is 11.4. The molecule has 13 heteroatoms. The van der Waals surface area contributed by atoms with Crippen molar-refractivity contribution in [3.05, 3.63) is 40.2 Å². The van der Waals surface area contributed by atoms with Gasteiger partial charge in [-0.3, -0.25) is 0 Å². The van der Waals surface area contributed by atoms with E-state index in [1.54, 1.807) is 19.1 Å². The van der Waals surface area contributed by atoms with Gasteiger partial charge in [-0.05, 0) is 18.6 Å². The number of rotatable bonds is 18. The molecule has 0 aliphatic rings. The standard InChI is InChI=1S/C25H33N5O7S/c1-18-20(16-26)25(38-24(18)27-2)29-28-21-15-23(34-3)22(14-19(21)17-33)30(4-8-35-10-6-31)5-9-36-12-13-37-11-7-32/h14-15,31-33H,4-13,17H2,1,3H3. The Morgan fingerprint density at radius 2 is 1.63 bits per heavy atom. The van der Waals surface area contributed by atoms with Gasteiger partial charge in [-0.15, -0.1) is 21.6 Å². The SMILES string of the molecule is [C-]#[N+]c1sc(N=Nc2cc(OC)c(N(CCOCCO)CCOCCOCCO)cc2CO)c(C#N)c1C. The molecule has 0 fully saturated rings. The van der Waals surface area contributed by atoms with Gasteiger partial charge in [0.2, 0.25) is 5.00 Å². The van der Waals surface area contributed by atoms with Crippen LogP contribution in [0.15, 0.2) is 22.4 Å². The molecule has 2 rings (SSSR count). The third-order valence-electron chi connectivity index (χ3n) is 5.31. The Hall–Kier alpha value is -3.14. The Labute approximate surface area is 226 Å². The van der Waals surface area contributed by atoms with Crippen LogP contribution in [-0.4, -0.2) is 88.4 Å². The maximum atomic E-state index is 10.1. The molecule has 2 aromatic rings. The van der Waals surface area contributed by atoms with Crippen LogP contribution in [0.3, 0.4) is 0 Å². The Bertz CT molecular complexity index is 1130. The van der Waals surface area contributed by atoms with Crippen LogP contribution in [0.2, 0.25) is 0 Å². The molecule has 0 unspecified atom stereocenters. The largest absolute Gasteiger partial charge is 0.495 e. The van der Waals surface area contributed by atoms with Crippen LogP contribution in [0.25, 0.3) is 4.85 Å². The van der Waals surface area contributed by atoms with Crippen molar-refractivity contribution in [1.29, 1.82) is 5.26 Å². The van der Waals surface area contributed by atoms with Crippen molar-refractivity contribution in [2.45, 2.75) is 13.5 Å². The fourth-order valence-corrected chi connectivity index (χ4v) is 4.25. The monoisotopic (exact) mass is 547 g/mol. The molecule has 38 heavy (non-hydrogen) atoms. The third kappa shape index (κ3) is 9.01. The average Bonchev–Trinajstić information content (AvgIpc) is 3.25. The molecule has 206 valence electrons. The second-order valence-corrected chi connectivity index (χ2v) is 8.70. The highest BCUT2D eigenvalue weighted by Gasteiger charge is 2.18. The predicted octanol–water partition coefficient (Wildman–Crippen LogP) is 3.24. The molecule has 0 atom stereocenters. The molecule has 0 aliphatic carbocycles. The van der Waals surface area contributed by atoms with Gasteiger partial charge in [-0.25, -0.2) is 4.85 Å². The number of hydrogen-bond donors (Lipinski definition) is 3. The number of anilines is 1. The second-order valence-electron chi connectivity index (χ2n) is 7.72. The summed E-state index contributed by atoms with van der Waals surface area (Å²) in [5.74, 6) is 0.481. The van der Waals surface area contributed by atoms with E-state index in [-0.39, 0.29) is 33.0 Å². The zero-order valence-corrected chi connectivity index (χ0v) is 22.4. The maximum Gasteiger partial charge on any atom is 0.247 e. The van der Waals surface area contributed by atoms with E-state index in [0.29, 0.717) is 83.3 Å². The fourth-order valence-electron chi connectivity index (χ4n) is 3.38. The Morgan fingerprint density at radius 1 is 1.00 bits per heavy atom. The van der Waals surface area contributed by atoms with E-state index in [1.165, 1.54) is 7.11 Å². The molecule has 1 aromatic heterocycles. The van der Waals surface area contributed by atoms with Gasteiger partial charge in [-0.1, -0.05) is 0 Å². The molecule has 12 nitrogen and oxygen atoms in total. The molecule has 1 aromatic carbocycles. The van der Waals surface area contributed by atoms with Gasteiger partial charge >= 0.3 is 0 Å². The number of nitriles is 1. The normalized spacial score (nSPS) is 11.0. The Morgan fingerprint density at radius 3 is 2.18 bits per heavy atom. The lowest BCUT2D eigenvalue weighted by atomic mass is 10.1. The summed E-state index contributed by atoms with van der Waals surface area (Å²) < 4.78 is 21.9. The number of aliphatic hydroxyl groups is 3. The van der Waals surface area contributed by atoms with Gasteiger partial charge in [0.15, 0.2) is 0 Å². The first kappa shape index (κ1) is 31.1. The van der Waals surface area contributed by atoms with Gasteiger partial charge in [0, 0.05) is 24.7 Å². The first-order chi connectivity index (χ1) is 18.5. The van der Waals surface area contributed by atoms with Crippen molar-refractivity contribution in [2.75, 3.05) is 78.0 Å². The predicted molar refractivity (Wildman–Crippen MR) is 142 cm³/mol. The number of thiophene rings is 1. The molecular weight excluding hydrogens is 514 g/mol. The third-order valence-corrected chi connectivity index (χ3v) is 6.38. The van der Waals surface area contributed by atoms with Crippen LogP contribution < -0.4 is 9.64 Å². The number of hydrogen-bond acceptors (Lipinski definition) is 12. The van der Waals surface area contributed by atoms with Crippen molar-refractivity contribution in [3.8, 4) is 11.8 Å². The quantitative estimate of drug-likeness (QED) is 0.145. The minimum Gasteiger partial charge on any atom is -0.495 e. The Balaban J connectivity index is 2.29. The zero-order chi connectivity index (χ0) is 27.8. The topological polar surface area (TPSA) is 154 Å². The lowest BCUT2D eigenvalue weighted by Crippen LogP contribution is -2.32. The van der Waals surface area contributed by atoms with E-state index in [9.17, 15) is 10.4 Å². The van der Waals surface area contributed by atoms with E-state index in [1.807, 2.05) is 4.90 Å². The number of benzene rings is 1. The van der Waals surface area contributed by atoms with Crippen molar-refractivity contribution in [1.82, 2.24) is 0 Å². The molecule has 0 saturated carbocycles. The molecule has 0 aliphatic heterocycles. The highest BCUT2D eigenvalue weighted by atomic mass is 32.1. The summed E-state index contributed by atoms with van der Waals surface area (Å²) in [6.07, 6.45) is 0. The molecular formula is C25H33N5O7S. The molecule has 0 amide bonds. The van der Waals surface area contributed by atoms with Crippen molar-refractivity contribution >= 4 is 32.7 Å². The number of methoxy groups -OCH3 is 1. The van der Waals surface area contributed by atoms with Gasteiger partial charge in [-0.2, -0.15) is 5.26 Å². The summed E-state index contributed by atoms with van der Waals surface area (Å²) in [5, 5.41) is 46.5. The van der Waals surface area contributed by atoms with Crippen LogP contribution in [0.4, 0.5) is 21.4 Å². The molecule has 0 spiro atoms. The highest BCUT2D eigenvalue weighted by Crippen LogP contribution is 2.42. The van der Waals surface area contributed by atoms with Crippen molar-refractivity contribution in [3.63, 3.8) is 0 Å². The Kier molecular flexibility index (Phi) is 14.2. The van der Waals surface area contributed by atoms with E-state index >= 15 is 0 Å². The lowest BCUT2D eigenvalue weighted by molar-refractivity contribution is 0.0347. The van der Waals surface area contributed by atoms with Crippen LogP contribution in [0.1, 0.15) is 16.7 Å². The molecule has 0 radical (unpaired) electrons. The lowest BCUT2D eigenvalue weighted by Gasteiger charge is -2.27. The van der Waals surface area contributed by atoms with Crippen molar-refractivity contribution < 1.29 is 34.3 Å². The van der Waals surface area contributed by atoms with Crippen LogP contribution in [0, 0.1) is 24.8 Å². The second kappa shape index (κ2) is 17.4. The van der Waals surface area contributed by atoms with E-state index < -0.39 is 0 Å². The van der Waals surface area contributed by atoms with Crippen LogP contribution in [-0.2, 0) is 20.8 Å². The van der Waals surface area contributed by atoms with Gasteiger partial charge in [0.05, 0.1) is 90.1 Å². The number of nitrogens with zero attached hydrogens (tertiary/aromatic N) is 5. The van der Waals surface area contributed by atoms with Crippen LogP contribution in [0.5, 0.6) is 5.75 Å². The van der Waals surface area contributed by atoms with Gasteiger partial charge in [0.25, 0.3) is 0 Å². The molecule has 0 saturated heterocycles. The summed E-state index contributed by atoms with van der Waals surface area (Å²) in [7, 11) is 1.52. The highest BCUT2D eigenvalue weighted by molar-refractivity contribution is 7.20. The fraction of sp³-hybridized carbons (Fsp3) is 0.520. The summed E-state index contributed by atoms with van der Waals surface area (Å²) in [4.78, 5) is 5.41.